The molecule has 0 fully saturated rings. The molecule has 4 heteroatoms. The van der Waals surface area contributed by atoms with Crippen LogP contribution in [0.1, 0.15) is 29.4 Å². The standard InChI is InChI=1S/C11H16N2O2/c1-8(14)5-7-13-11(15)10-4-3-6-12-9(10)2/h3-4,6,8,14H,5,7H2,1-2H3,(H,13,15). The van der Waals surface area contributed by atoms with Crippen molar-refractivity contribution in [3.63, 3.8) is 0 Å². The first-order valence-corrected chi connectivity index (χ1v) is 4.99. The minimum atomic E-state index is -0.389. The number of aromatic nitrogens is 1. The SMILES string of the molecule is Cc1ncccc1C(=O)NCCC(C)O. The Hall–Kier alpha value is -1.42. The highest BCUT2D eigenvalue weighted by molar-refractivity contribution is 5.95. The Labute approximate surface area is 89.3 Å². The van der Waals surface area contributed by atoms with Crippen LogP contribution in [0.3, 0.4) is 0 Å². The van der Waals surface area contributed by atoms with Crippen molar-refractivity contribution in [1.29, 1.82) is 0 Å². The third-order valence-corrected chi connectivity index (χ3v) is 2.10. The molecule has 1 rings (SSSR count). The average Bonchev–Trinajstić information content (AvgIpc) is 2.17. The Morgan fingerprint density at radius 2 is 2.40 bits per heavy atom. The van der Waals surface area contributed by atoms with E-state index < -0.39 is 0 Å². The Morgan fingerprint density at radius 3 is 3.00 bits per heavy atom. The lowest BCUT2D eigenvalue weighted by Crippen LogP contribution is -2.27. The number of nitrogens with zero attached hydrogens (tertiary/aromatic N) is 1. The highest BCUT2D eigenvalue weighted by atomic mass is 16.3. The summed E-state index contributed by atoms with van der Waals surface area (Å²) in [6.45, 7) is 3.97. The summed E-state index contributed by atoms with van der Waals surface area (Å²) in [6, 6.07) is 3.47. The molecule has 0 aliphatic carbocycles. The van der Waals surface area contributed by atoms with Gasteiger partial charge in [0.1, 0.15) is 0 Å². The van der Waals surface area contributed by atoms with Gasteiger partial charge in [-0.2, -0.15) is 0 Å². The van der Waals surface area contributed by atoms with Crippen LogP contribution in [-0.2, 0) is 0 Å². The van der Waals surface area contributed by atoms with Crippen LogP contribution in [0.15, 0.2) is 18.3 Å². The predicted molar refractivity (Wildman–Crippen MR) is 57.6 cm³/mol. The highest BCUT2D eigenvalue weighted by Gasteiger charge is 2.08. The second-order valence-electron chi connectivity index (χ2n) is 3.53. The number of hydrogen-bond donors (Lipinski definition) is 2. The van der Waals surface area contributed by atoms with Crippen LogP contribution in [-0.4, -0.2) is 28.6 Å². The molecule has 82 valence electrons. The maximum Gasteiger partial charge on any atom is 0.253 e. The Morgan fingerprint density at radius 1 is 1.67 bits per heavy atom. The van der Waals surface area contributed by atoms with E-state index in [0.29, 0.717) is 24.2 Å². The number of amides is 1. The number of aryl methyl sites for hydroxylation is 1. The zero-order chi connectivity index (χ0) is 11.3. The molecular weight excluding hydrogens is 192 g/mol. The molecule has 0 saturated carbocycles. The van der Waals surface area contributed by atoms with Crippen LogP contribution in [0.2, 0.25) is 0 Å². The zero-order valence-corrected chi connectivity index (χ0v) is 9.03. The number of nitrogens with one attached hydrogen (secondary N) is 1. The minimum absolute atomic E-state index is 0.138. The van der Waals surface area contributed by atoms with Gasteiger partial charge in [-0.05, 0) is 32.4 Å². The lowest BCUT2D eigenvalue weighted by Gasteiger charge is -2.07. The van der Waals surface area contributed by atoms with Crippen molar-refractivity contribution in [2.45, 2.75) is 26.4 Å². The summed E-state index contributed by atoms with van der Waals surface area (Å²) >= 11 is 0. The van der Waals surface area contributed by atoms with Gasteiger partial charge in [0.15, 0.2) is 0 Å². The van der Waals surface area contributed by atoms with Gasteiger partial charge >= 0.3 is 0 Å². The van der Waals surface area contributed by atoms with Gasteiger partial charge < -0.3 is 10.4 Å². The monoisotopic (exact) mass is 208 g/mol. The van der Waals surface area contributed by atoms with Crippen molar-refractivity contribution in [3.05, 3.63) is 29.6 Å². The molecule has 1 aromatic heterocycles. The summed E-state index contributed by atoms with van der Waals surface area (Å²) < 4.78 is 0. The molecule has 4 nitrogen and oxygen atoms in total. The van der Waals surface area contributed by atoms with Crippen molar-refractivity contribution in [1.82, 2.24) is 10.3 Å². The first kappa shape index (κ1) is 11.7. The number of aliphatic hydroxyl groups excluding tert-OH is 1. The molecule has 1 unspecified atom stereocenters. The van der Waals surface area contributed by atoms with E-state index in [4.69, 9.17) is 5.11 Å². The van der Waals surface area contributed by atoms with Gasteiger partial charge in [0.2, 0.25) is 0 Å². The quantitative estimate of drug-likeness (QED) is 0.772. The summed E-state index contributed by atoms with van der Waals surface area (Å²) in [4.78, 5) is 15.6. The lowest BCUT2D eigenvalue weighted by molar-refractivity contribution is 0.0944. The van der Waals surface area contributed by atoms with Gasteiger partial charge in [-0.3, -0.25) is 9.78 Å². The van der Waals surface area contributed by atoms with Gasteiger partial charge in [0.25, 0.3) is 5.91 Å². The predicted octanol–water partition coefficient (Wildman–Crippen LogP) is 0.891. The van der Waals surface area contributed by atoms with Gasteiger partial charge in [0, 0.05) is 18.4 Å². The van der Waals surface area contributed by atoms with Gasteiger partial charge in [-0.15, -0.1) is 0 Å². The average molecular weight is 208 g/mol. The largest absolute Gasteiger partial charge is 0.393 e. The molecule has 1 atom stereocenters. The fourth-order valence-electron chi connectivity index (χ4n) is 1.21. The molecule has 0 spiro atoms. The maximum absolute atomic E-state index is 11.6. The van der Waals surface area contributed by atoms with Crippen LogP contribution < -0.4 is 5.32 Å². The van der Waals surface area contributed by atoms with E-state index in [-0.39, 0.29) is 12.0 Å². The van der Waals surface area contributed by atoms with Crippen molar-refractivity contribution >= 4 is 5.91 Å². The van der Waals surface area contributed by atoms with E-state index >= 15 is 0 Å². The van der Waals surface area contributed by atoms with Crippen LogP contribution in [0, 0.1) is 6.92 Å². The maximum atomic E-state index is 11.6. The molecule has 0 radical (unpaired) electrons. The number of carbonyl (C=O) groups is 1. The van der Waals surface area contributed by atoms with Crippen LogP contribution >= 0.6 is 0 Å². The second-order valence-corrected chi connectivity index (χ2v) is 3.53. The molecule has 0 aromatic carbocycles. The number of carbonyl (C=O) groups excluding carboxylic acids is 1. The zero-order valence-electron chi connectivity index (χ0n) is 9.03. The smallest absolute Gasteiger partial charge is 0.253 e. The van der Waals surface area contributed by atoms with Crippen molar-refractivity contribution in [2.24, 2.45) is 0 Å². The molecular formula is C11H16N2O2. The fraction of sp³-hybridized carbons (Fsp3) is 0.455. The van der Waals surface area contributed by atoms with Gasteiger partial charge in [-0.25, -0.2) is 0 Å². The number of pyridine rings is 1. The normalized spacial score (nSPS) is 12.2. The Kier molecular flexibility index (Phi) is 4.24. The first-order chi connectivity index (χ1) is 7.11. The van der Waals surface area contributed by atoms with Crippen LogP contribution in [0.4, 0.5) is 0 Å². The summed E-state index contributed by atoms with van der Waals surface area (Å²) in [5.74, 6) is -0.138. The summed E-state index contributed by atoms with van der Waals surface area (Å²) in [6.07, 6.45) is 1.83. The lowest BCUT2D eigenvalue weighted by atomic mass is 10.2. The molecule has 0 saturated heterocycles. The molecule has 0 aliphatic heterocycles. The highest BCUT2D eigenvalue weighted by Crippen LogP contribution is 2.02. The third kappa shape index (κ3) is 3.67. The van der Waals surface area contributed by atoms with E-state index in [1.807, 2.05) is 0 Å². The molecule has 1 amide bonds. The van der Waals surface area contributed by atoms with Crippen molar-refractivity contribution in [3.8, 4) is 0 Å². The molecule has 0 bridgehead atoms. The van der Waals surface area contributed by atoms with E-state index in [9.17, 15) is 4.79 Å². The van der Waals surface area contributed by atoms with Crippen LogP contribution in [0.5, 0.6) is 0 Å². The number of hydrogen-bond acceptors (Lipinski definition) is 3. The summed E-state index contributed by atoms with van der Waals surface area (Å²) in [5, 5.41) is 11.8. The molecule has 0 aliphatic rings. The Balaban J connectivity index is 2.51. The van der Waals surface area contributed by atoms with Crippen molar-refractivity contribution in [2.75, 3.05) is 6.54 Å². The number of aliphatic hydroxyl groups is 1. The van der Waals surface area contributed by atoms with Gasteiger partial charge in [-0.1, -0.05) is 0 Å². The molecule has 15 heavy (non-hydrogen) atoms. The van der Waals surface area contributed by atoms with E-state index in [1.165, 1.54) is 0 Å². The molecule has 2 N–H and O–H groups in total. The second kappa shape index (κ2) is 5.46. The van der Waals surface area contributed by atoms with E-state index in [1.54, 1.807) is 32.2 Å². The van der Waals surface area contributed by atoms with Crippen LogP contribution in [0.25, 0.3) is 0 Å². The molecule has 1 aromatic rings. The van der Waals surface area contributed by atoms with E-state index in [2.05, 4.69) is 10.3 Å². The molecule has 1 heterocycles. The van der Waals surface area contributed by atoms with E-state index in [0.717, 1.165) is 0 Å². The fourth-order valence-corrected chi connectivity index (χ4v) is 1.21. The van der Waals surface area contributed by atoms with Crippen molar-refractivity contribution < 1.29 is 9.90 Å². The summed E-state index contributed by atoms with van der Waals surface area (Å²) in [5.41, 5.74) is 1.30. The number of rotatable bonds is 4. The first-order valence-electron chi connectivity index (χ1n) is 4.99. The topological polar surface area (TPSA) is 62.2 Å². The summed E-state index contributed by atoms with van der Waals surface area (Å²) in [7, 11) is 0. The third-order valence-electron chi connectivity index (χ3n) is 2.10. The Bertz CT molecular complexity index is 337. The van der Waals surface area contributed by atoms with Gasteiger partial charge in [0.05, 0.1) is 11.7 Å². The minimum Gasteiger partial charge on any atom is -0.393 e.